The minimum absolute atomic E-state index is 0.00808. The Morgan fingerprint density at radius 2 is 1.76 bits per heavy atom. The number of benzene rings is 1. The molecule has 0 saturated carbocycles. The van der Waals surface area contributed by atoms with E-state index < -0.39 is 5.41 Å². The van der Waals surface area contributed by atoms with E-state index in [4.69, 9.17) is 0 Å². The van der Waals surface area contributed by atoms with Crippen molar-refractivity contribution in [3.8, 4) is 0 Å². The number of likely N-dealkylation sites (N-methyl/N-ethyl adjacent to an activating group) is 1. The predicted molar refractivity (Wildman–Crippen MR) is 99.3 cm³/mol. The number of rotatable bonds is 5. The lowest BCUT2D eigenvalue weighted by Gasteiger charge is -2.14. The van der Waals surface area contributed by atoms with Gasteiger partial charge in [0.15, 0.2) is 11.6 Å². The van der Waals surface area contributed by atoms with Crippen molar-refractivity contribution < 1.29 is 14.4 Å². The van der Waals surface area contributed by atoms with Crippen LogP contribution in [-0.4, -0.2) is 48.0 Å². The number of amides is 1. The van der Waals surface area contributed by atoms with Crippen molar-refractivity contribution in [3.63, 3.8) is 0 Å². The minimum Gasteiger partial charge on any atom is -0.352 e. The average Bonchev–Trinajstić information content (AvgIpc) is 2.85. The Labute approximate surface area is 147 Å². The molecule has 1 aromatic heterocycles. The summed E-state index contributed by atoms with van der Waals surface area (Å²) in [5.41, 5.74) is 1.57. The van der Waals surface area contributed by atoms with Crippen LogP contribution in [-0.2, 0) is 4.79 Å². The zero-order chi connectivity index (χ0) is 18.9. The molecule has 0 saturated heterocycles. The summed E-state index contributed by atoms with van der Waals surface area (Å²) in [6.07, 6.45) is 0. The van der Waals surface area contributed by atoms with Crippen molar-refractivity contribution in [1.29, 1.82) is 0 Å². The van der Waals surface area contributed by atoms with E-state index in [1.165, 1.54) is 6.92 Å². The quantitative estimate of drug-likeness (QED) is 0.817. The Bertz CT molecular complexity index is 841. The second-order valence-electron chi connectivity index (χ2n) is 7.59. The first-order valence-electron chi connectivity index (χ1n) is 8.16. The fourth-order valence-electron chi connectivity index (χ4n) is 2.58. The van der Waals surface area contributed by atoms with Crippen LogP contribution in [0.15, 0.2) is 18.2 Å². The minimum atomic E-state index is -0.507. The van der Waals surface area contributed by atoms with Gasteiger partial charge in [0.25, 0.3) is 0 Å². The predicted octanol–water partition coefficient (Wildman–Crippen LogP) is 3.10. The number of carbonyl (C=O) groups is 3. The Balaban J connectivity index is 2.48. The third-order valence-corrected chi connectivity index (χ3v) is 3.80. The van der Waals surface area contributed by atoms with Gasteiger partial charge in [-0.1, -0.05) is 20.8 Å². The normalized spacial score (nSPS) is 11.8. The van der Waals surface area contributed by atoms with E-state index in [9.17, 15) is 14.4 Å². The lowest BCUT2D eigenvalue weighted by molar-refractivity contribution is -0.116. The second kappa shape index (κ2) is 6.80. The molecule has 6 nitrogen and oxygen atoms in total. The Morgan fingerprint density at radius 1 is 1.12 bits per heavy atom. The highest BCUT2D eigenvalue weighted by molar-refractivity contribution is 6.09. The Hall–Kier alpha value is -2.47. The molecule has 1 heterocycles. The van der Waals surface area contributed by atoms with Gasteiger partial charge in [-0.05, 0) is 39.2 Å². The van der Waals surface area contributed by atoms with Gasteiger partial charge in [-0.2, -0.15) is 0 Å². The largest absolute Gasteiger partial charge is 0.352 e. The smallest absolute Gasteiger partial charge is 0.238 e. The van der Waals surface area contributed by atoms with Crippen LogP contribution in [0.1, 0.15) is 48.5 Å². The fourth-order valence-corrected chi connectivity index (χ4v) is 2.58. The molecule has 134 valence electrons. The van der Waals surface area contributed by atoms with E-state index in [0.29, 0.717) is 22.5 Å². The SMILES string of the molecule is CC(=O)c1cc2cc(C(=O)C(C)(C)C)[nH]c2cc1NC(=O)CN(C)C. The van der Waals surface area contributed by atoms with Crippen LogP contribution in [0.25, 0.3) is 10.9 Å². The molecule has 2 rings (SSSR count). The summed E-state index contributed by atoms with van der Waals surface area (Å²) in [5.74, 6) is -0.359. The van der Waals surface area contributed by atoms with Gasteiger partial charge < -0.3 is 15.2 Å². The Morgan fingerprint density at radius 3 is 2.28 bits per heavy atom. The number of Topliss-reactive ketones (excluding diaryl/α,β-unsaturated/α-hetero) is 2. The zero-order valence-electron chi connectivity index (χ0n) is 15.6. The monoisotopic (exact) mass is 343 g/mol. The molecule has 0 spiro atoms. The number of aromatic nitrogens is 1. The second-order valence-corrected chi connectivity index (χ2v) is 7.59. The molecule has 0 aliphatic rings. The summed E-state index contributed by atoms with van der Waals surface area (Å²) in [6, 6.07) is 5.17. The Kier molecular flexibility index (Phi) is 5.13. The highest BCUT2D eigenvalue weighted by atomic mass is 16.2. The van der Waals surface area contributed by atoms with Gasteiger partial charge in [-0.15, -0.1) is 0 Å². The van der Waals surface area contributed by atoms with Crippen molar-refractivity contribution in [2.24, 2.45) is 5.41 Å². The maximum atomic E-state index is 12.5. The summed E-state index contributed by atoms with van der Waals surface area (Å²) in [4.78, 5) is 41.3. The van der Waals surface area contributed by atoms with Crippen LogP contribution in [0.3, 0.4) is 0 Å². The van der Waals surface area contributed by atoms with Crippen LogP contribution in [0.2, 0.25) is 0 Å². The number of H-pyrrole nitrogens is 1. The van der Waals surface area contributed by atoms with Crippen LogP contribution in [0.5, 0.6) is 0 Å². The van der Waals surface area contributed by atoms with Gasteiger partial charge in [-0.3, -0.25) is 14.4 Å². The number of aromatic amines is 1. The van der Waals surface area contributed by atoms with Crippen LogP contribution in [0.4, 0.5) is 5.69 Å². The molecule has 1 amide bonds. The van der Waals surface area contributed by atoms with E-state index in [-0.39, 0.29) is 24.0 Å². The van der Waals surface area contributed by atoms with Crippen LogP contribution >= 0.6 is 0 Å². The van der Waals surface area contributed by atoms with E-state index >= 15 is 0 Å². The van der Waals surface area contributed by atoms with Crippen molar-refractivity contribution in [3.05, 3.63) is 29.5 Å². The molecule has 0 fully saturated rings. The van der Waals surface area contributed by atoms with Crippen molar-refractivity contribution >= 4 is 34.1 Å². The van der Waals surface area contributed by atoms with Crippen molar-refractivity contribution in [2.75, 3.05) is 26.0 Å². The molecule has 0 unspecified atom stereocenters. The molecule has 0 aliphatic heterocycles. The lowest BCUT2D eigenvalue weighted by atomic mass is 9.89. The molecule has 0 atom stereocenters. The highest BCUT2D eigenvalue weighted by Gasteiger charge is 2.25. The third kappa shape index (κ3) is 4.33. The number of anilines is 1. The first-order chi connectivity index (χ1) is 11.5. The van der Waals surface area contributed by atoms with Crippen LogP contribution in [0, 0.1) is 5.41 Å². The molecule has 25 heavy (non-hydrogen) atoms. The summed E-state index contributed by atoms with van der Waals surface area (Å²) < 4.78 is 0. The number of fused-ring (bicyclic) bond motifs is 1. The molecule has 0 aliphatic carbocycles. The summed E-state index contributed by atoms with van der Waals surface area (Å²) >= 11 is 0. The molecule has 2 aromatic rings. The highest BCUT2D eigenvalue weighted by Crippen LogP contribution is 2.28. The first-order valence-corrected chi connectivity index (χ1v) is 8.16. The number of nitrogens with zero attached hydrogens (tertiary/aromatic N) is 1. The van der Waals surface area contributed by atoms with Gasteiger partial charge in [0.05, 0.1) is 17.9 Å². The van der Waals surface area contributed by atoms with Gasteiger partial charge in [0, 0.05) is 21.9 Å². The number of hydrogen-bond donors (Lipinski definition) is 2. The lowest BCUT2D eigenvalue weighted by Crippen LogP contribution is -2.27. The molecule has 0 bridgehead atoms. The van der Waals surface area contributed by atoms with E-state index in [2.05, 4.69) is 10.3 Å². The molecule has 1 aromatic carbocycles. The van der Waals surface area contributed by atoms with E-state index in [1.54, 1.807) is 37.2 Å². The fraction of sp³-hybridized carbons (Fsp3) is 0.421. The van der Waals surface area contributed by atoms with Crippen LogP contribution < -0.4 is 5.32 Å². The summed E-state index contributed by atoms with van der Waals surface area (Å²) in [5, 5.41) is 3.54. The maximum absolute atomic E-state index is 12.5. The summed E-state index contributed by atoms with van der Waals surface area (Å²) in [6.45, 7) is 7.24. The number of carbonyl (C=O) groups excluding carboxylic acids is 3. The number of ketones is 2. The van der Waals surface area contributed by atoms with E-state index in [0.717, 1.165) is 5.39 Å². The maximum Gasteiger partial charge on any atom is 0.238 e. The zero-order valence-corrected chi connectivity index (χ0v) is 15.6. The molecular weight excluding hydrogens is 318 g/mol. The number of hydrogen-bond acceptors (Lipinski definition) is 4. The first kappa shape index (κ1) is 18.9. The topological polar surface area (TPSA) is 82.3 Å². The molecule has 6 heteroatoms. The molecule has 0 radical (unpaired) electrons. The molecular formula is C19H25N3O3. The van der Waals surface area contributed by atoms with Crippen molar-refractivity contribution in [2.45, 2.75) is 27.7 Å². The third-order valence-electron chi connectivity index (χ3n) is 3.80. The van der Waals surface area contributed by atoms with E-state index in [1.807, 2.05) is 20.8 Å². The molecule has 2 N–H and O–H groups in total. The van der Waals surface area contributed by atoms with Crippen molar-refractivity contribution in [1.82, 2.24) is 9.88 Å². The van der Waals surface area contributed by atoms with Gasteiger partial charge in [0.1, 0.15) is 0 Å². The van der Waals surface area contributed by atoms with Gasteiger partial charge in [-0.25, -0.2) is 0 Å². The standard InChI is InChI=1S/C19H25N3O3/c1-11(23)13-7-12-8-16(18(25)19(2,3)4)20-14(12)9-15(13)21-17(24)10-22(5)6/h7-9,20H,10H2,1-6H3,(H,21,24). The van der Waals surface area contributed by atoms with Gasteiger partial charge in [0.2, 0.25) is 5.91 Å². The number of nitrogens with one attached hydrogen (secondary N) is 2. The van der Waals surface area contributed by atoms with Gasteiger partial charge >= 0.3 is 0 Å². The summed E-state index contributed by atoms with van der Waals surface area (Å²) in [7, 11) is 3.59. The average molecular weight is 343 g/mol.